The van der Waals surface area contributed by atoms with Gasteiger partial charge in [0.05, 0.1) is 9.79 Å². The second kappa shape index (κ2) is 8.17. The van der Waals surface area contributed by atoms with Gasteiger partial charge in [0, 0.05) is 6.54 Å². The van der Waals surface area contributed by atoms with Crippen molar-refractivity contribution < 1.29 is 26.7 Å². The molecule has 0 saturated heterocycles. The number of benzene rings is 2. The number of aryl methyl sites for hydroxylation is 2. The molecule has 0 aliphatic carbocycles. The maximum atomic E-state index is 12.3. The van der Waals surface area contributed by atoms with E-state index in [1.807, 2.05) is 4.72 Å². The van der Waals surface area contributed by atoms with Crippen LogP contribution in [0.2, 0.25) is 0 Å². The minimum atomic E-state index is -4.12. The first kappa shape index (κ1) is 21.0. The SMILES string of the molecule is Cc1ccc(S(=O)(=O)NCC(NS(=O)(=O)c2ccc(C)cc2)C(=O)O)cc1. The van der Waals surface area contributed by atoms with E-state index in [1.165, 1.54) is 24.3 Å². The summed E-state index contributed by atoms with van der Waals surface area (Å²) in [6, 6.07) is 10.1. The summed E-state index contributed by atoms with van der Waals surface area (Å²) >= 11 is 0. The van der Waals surface area contributed by atoms with Gasteiger partial charge < -0.3 is 5.11 Å². The van der Waals surface area contributed by atoms with Gasteiger partial charge in [-0.3, -0.25) is 4.79 Å². The van der Waals surface area contributed by atoms with Crippen LogP contribution in [0.4, 0.5) is 0 Å². The molecule has 1 unspecified atom stereocenters. The number of carbonyl (C=O) groups is 1. The van der Waals surface area contributed by atoms with Gasteiger partial charge in [-0.15, -0.1) is 0 Å². The zero-order chi connectivity index (χ0) is 20.2. The summed E-state index contributed by atoms with van der Waals surface area (Å²) in [5.41, 5.74) is 1.71. The number of carboxylic acids is 1. The van der Waals surface area contributed by atoms with Crippen molar-refractivity contribution >= 4 is 26.0 Å². The topological polar surface area (TPSA) is 130 Å². The standard InChI is InChI=1S/C17H20N2O6S2/c1-12-3-7-14(8-4-12)26(22,23)18-11-16(17(20)21)19-27(24,25)15-9-5-13(2)6-10-15/h3-10,16,18-19H,11H2,1-2H3,(H,20,21). The number of sulfonamides is 2. The fraction of sp³-hybridized carbons (Fsp3) is 0.235. The molecular weight excluding hydrogens is 392 g/mol. The van der Waals surface area contributed by atoms with Crippen LogP contribution in [0.1, 0.15) is 11.1 Å². The summed E-state index contributed by atoms with van der Waals surface area (Å²) in [6.07, 6.45) is 0. The summed E-state index contributed by atoms with van der Waals surface area (Å²) in [7, 11) is -8.10. The van der Waals surface area contributed by atoms with Crippen molar-refractivity contribution in [2.45, 2.75) is 29.7 Å². The van der Waals surface area contributed by atoms with Gasteiger partial charge in [0.2, 0.25) is 20.0 Å². The smallest absolute Gasteiger partial charge is 0.323 e. The van der Waals surface area contributed by atoms with Crippen molar-refractivity contribution in [3.05, 3.63) is 59.7 Å². The third-order valence-corrected chi connectivity index (χ3v) is 6.66. The third-order valence-electron chi connectivity index (χ3n) is 3.74. The van der Waals surface area contributed by atoms with Crippen LogP contribution in [-0.2, 0) is 24.8 Å². The molecule has 0 bridgehead atoms. The summed E-state index contributed by atoms with van der Waals surface area (Å²) in [6.45, 7) is 2.94. The zero-order valence-electron chi connectivity index (χ0n) is 14.7. The second-order valence-corrected chi connectivity index (χ2v) is 9.47. The Kier molecular flexibility index (Phi) is 6.37. The molecule has 0 heterocycles. The average Bonchev–Trinajstić information content (AvgIpc) is 2.59. The first-order chi connectivity index (χ1) is 12.5. The Hall–Kier alpha value is -2.27. The van der Waals surface area contributed by atoms with Crippen molar-refractivity contribution in [3.63, 3.8) is 0 Å². The van der Waals surface area contributed by atoms with Gasteiger partial charge in [-0.25, -0.2) is 21.6 Å². The van der Waals surface area contributed by atoms with Crippen molar-refractivity contribution in [2.24, 2.45) is 0 Å². The van der Waals surface area contributed by atoms with E-state index in [0.717, 1.165) is 11.1 Å². The lowest BCUT2D eigenvalue weighted by atomic mass is 10.2. The van der Waals surface area contributed by atoms with E-state index in [0.29, 0.717) is 0 Å². The molecule has 1 atom stereocenters. The highest BCUT2D eigenvalue weighted by Gasteiger charge is 2.27. The number of rotatable bonds is 8. The van der Waals surface area contributed by atoms with E-state index in [4.69, 9.17) is 0 Å². The molecule has 0 saturated carbocycles. The lowest BCUT2D eigenvalue weighted by molar-refractivity contribution is -0.138. The highest BCUT2D eigenvalue weighted by atomic mass is 32.2. The summed E-state index contributed by atoms with van der Waals surface area (Å²) in [4.78, 5) is 11.2. The predicted octanol–water partition coefficient (Wildman–Crippen LogP) is 1.01. The summed E-state index contributed by atoms with van der Waals surface area (Å²) < 4.78 is 53.3. The summed E-state index contributed by atoms with van der Waals surface area (Å²) in [5, 5.41) is 9.27. The maximum absolute atomic E-state index is 12.3. The van der Waals surface area contributed by atoms with Crippen LogP contribution in [0.25, 0.3) is 0 Å². The molecule has 2 rings (SSSR count). The van der Waals surface area contributed by atoms with E-state index in [2.05, 4.69) is 4.72 Å². The molecule has 8 nitrogen and oxygen atoms in total. The predicted molar refractivity (Wildman–Crippen MR) is 99.3 cm³/mol. The van der Waals surface area contributed by atoms with Crippen LogP contribution in [0.5, 0.6) is 0 Å². The van der Waals surface area contributed by atoms with E-state index in [1.54, 1.807) is 38.1 Å². The van der Waals surface area contributed by atoms with E-state index in [-0.39, 0.29) is 9.79 Å². The third kappa shape index (κ3) is 5.60. The lowest BCUT2D eigenvalue weighted by Crippen LogP contribution is -2.48. The molecular formula is C17H20N2O6S2. The fourth-order valence-corrected chi connectivity index (χ4v) is 4.38. The first-order valence-electron chi connectivity index (χ1n) is 7.89. The van der Waals surface area contributed by atoms with Crippen LogP contribution >= 0.6 is 0 Å². The molecule has 0 spiro atoms. The Balaban J connectivity index is 2.15. The fourth-order valence-electron chi connectivity index (χ4n) is 2.15. The lowest BCUT2D eigenvalue weighted by Gasteiger charge is -2.16. The Bertz CT molecular complexity index is 1010. The highest BCUT2D eigenvalue weighted by Crippen LogP contribution is 2.12. The first-order valence-corrected chi connectivity index (χ1v) is 10.9. The van der Waals surface area contributed by atoms with Crippen molar-refractivity contribution in [1.29, 1.82) is 0 Å². The number of hydrogen-bond acceptors (Lipinski definition) is 5. The van der Waals surface area contributed by atoms with Crippen LogP contribution in [0, 0.1) is 13.8 Å². The molecule has 0 fully saturated rings. The zero-order valence-corrected chi connectivity index (χ0v) is 16.3. The van der Waals surface area contributed by atoms with Gasteiger partial charge in [-0.05, 0) is 38.1 Å². The Labute approximate surface area is 158 Å². The molecule has 27 heavy (non-hydrogen) atoms. The Morgan fingerprint density at radius 3 is 1.67 bits per heavy atom. The molecule has 0 aromatic heterocycles. The van der Waals surface area contributed by atoms with Gasteiger partial charge in [-0.1, -0.05) is 35.4 Å². The molecule has 0 radical (unpaired) electrons. The van der Waals surface area contributed by atoms with Gasteiger partial charge in [0.1, 0.15) is 6.04 Å². The van der Waals surface area contributed by atoms with E-state index in [9.17, 15) is 26.7 Å². The van der Waals surface area contributed by atoms with Crippen LogP contribution in [-0.4, -0.2) is 40.5 Å². The normalized spacial score (nSPS) is 13.3. The summed E-state index contributed by atoms with van der Waals surface area (Å²) in [5.74, 6) is -1.50. The van der Waals surface area contributed by atoms with Crippen LogP contribution < -0.4 is 9.44 Å². The van der Waals surface area contributed by atoms with Gasteiger partial charge in [0.15, 0.2) is 0 Å². The molecule has 0 aliphatic rings. The molecule has 146 valence electrons. The quantitative estimate of drug-likeness (QED) is 0.593. The van der Waals surface area contributed by atoms with Gasteiger partial charge in [-0.2, -0.15) is 4.72 Å². The van der Waals surface area contributed by atoms with Crippen LogP contribution in [0.3, 0.4) is 0 Å². The number of nitrogens with one attached hydrogen (secondary N) is 2. The maximum Gasteiger partial charge on any atom is 0.323 e. The number of hydrogen-bond donors (Lipinski definition) is 3. The Morgan fingerprint density at radius 1 is 0.852 bits per heavy atom. The van der Waals surface area contributed by atoms with Gasteiger partial charge in [0.25, 0.3) is 0 Å². The van der Waals surface area contributed by atoms with Crippen LogP contribution in [0.15, 0.2) is 58.3 Å². The van der Waals surface area contributed by atoms with Gasteiger partial charge >= 0.3 is 5.97 Å². The molecule has 2 aromatic rings. The largest absolute Gasteiger partial charge is 0.480 e. The molecule has 10 heteroatoms. The average molecular weight is 412 g/mol. The number of carboxylic acid groups (broad SMARTS) is 1. The molecule has 0 aliphatic heterocycles. The molecule has 0 amide bonds. The van der Waals surface area contributed by atoms with Crippen molar-refractivity contribution in [3.8, 4) is 0 Å². The minimum Gasteiger partial charge on any atom is -0.480 e. The van der Waals surface area contributed by atoms with Crippen molar-refractivity contribution in [1.82, 2.24) is 9.44 Å². The minimum absolute atomic E-state index is 0.0429. The number of aliphatic carboxylic acids is 1. The van der Waals surface area contributed by atoms with E-state index >= 15 is 0 Å². The molecule has 3 N–H and O–H groups in total. The second-order valence-electron chi connectivity index (χ2n) is 5.99. The Morgan fingerprint density at radius 2 is 1.26 bits per heavy atom. The molecule has 2 aromatic carbocycles. The van der Waals surface area contributed by atoms with E-state index < -0.39 is 38.6 Å². The van der Waals surface area contributed by atoms with Crippen molar-refractivity contribution in [2.75, 3.05) is 6.54 Å². The monoisotopic (exact) mass is 412 g/mol. The highest BCUT2D eigenvalue weighted by molar-refractivity contribution is 7.90.